The molecule has 0 radical (unpaired) electrons. The number of hydrogen-bond acceptors (Lipinski definition) is 3. The lowest BCUT2D eigenvalue weighted by Gasteiger charge is -2.02. The van der Waals surface area contributed by atoms with Gasteiger partial charge in [0, 0.05) is 0 Å². The van der Waals surface area contributed by atoms with Gasteiger partial charge < -0.3 is 10.8 Å². The molecule has 3 heteroatoms. The van der Waals surface area contributed by atoms with Crippen LogP contribution in [-0.4, -0.2) is 22.8 Å². The van der Waals surface area contributed by atoms with Crippen LogP contribution in [0.5, 0.6) is 0 Å². The summed E-state index contributed by atoms with van der Waals surface area (Å²) >= 11 is 1.91. The van der Waals surface area contributed by atoms with Gasteiger partial charge in [-0.15, -0.1) is 0 Å². The van der Waals surface area contributed by atoms with Gasteiger partial charge in [0.2, 0.25) is 0 Å². The molecule has 1 aliphatic rings. The quantitative estimate of drug-likeness (QED) is 0.463. The van der Waals surface area contributed by atoms with E-state index < -0.39 is 6.23 Å². The summed E-state index contributed by atoms with van der Waals surface area (Å²) < 4.78 is 0. The van der Waals surface area contributed by atoms with Gasteiger partial charge >= 0.3 is 0 Å². The second kappa shape index (κ2) is 4.21. The Hall–Kier alpha value is 0.270. The van der Waals surface area contributed by atoms with Crippen molar-refractivity contribution in [1.29, 1.82) is 0 Å². The van der Waals surface area contributed by atoms with Crippen molar-refractivity contribution in [2.24, 2.45) is 11.7 Å². The Morgan fingerprint density at radius 3 is 2.80 bits per heavy atom. The van der Waals surface area contributed by atoms with Gasteiger partial charge in [-0.25, -0.2) is 0 Å². The summed E-state index contributed by atoms with van der Waals surface area (Å²) in [5.41, 5.74) is 5.17. The summed E-state index contributed by atoms with van der Waals surface area (Å²) in [6.45, 7) is 0. The average molecular weight is 161 g/mol. The lowest BCUT2D eigenvalue weighted by atomic mass is 10.4. The van der Waals surface area contributed by atoms with Crippen molar-refractivity contribution >= 4 is 11.8 Å². The molecule has 0 heterocycles. The minimum absolute atomic E-state index is 0.605. The molecule has 0 saturated heterocycles. The molecular weight excluding hydrogens is 146 g/mol. The highest BCUT2D eigenvalue weighted by Crippen LogP contribution is 2.32. The van der Waals surface area contributed by atoms with E-state index in [0.717, 1.165) is 18.1 Å². The monoisotopic (exact) mass is 161 g/mol. The van der Waals surface area contributed by atoms with Gasteiger partial charge in [0.05, 0.1) is 0 Å². The Balaban J connectivity index is 1.76. The molecule has 0 spiro atoms. The first-order chi connectivity index (χ1) is 4.79. The maximum Gasteiger partial charge on any atom is 0.103 e. The lowest BCUT2D eigenvalue weighted by Crippen LogP contribution is -2.19. The van der Waals surface area contributed by atoms with E-state index >= 15 is 0 Å². The predicted molar refractivity (Wildman–Crippen MR) is 44.9 cm³/mol. The standard InChI is InChI=1S/C7H15NOS/c8-7(9)3-4-10-5-6-1-2-6/h6-7,9H,1-5,8H2. The number of aliphatic hydroxyl groups excluding tert-OH is 1. The van der Waals surface area contributed by atoms with Gasteiger partial charge in [-0.2, -0.15) is 11.8 Å². The number of nitrogens with two attached hydrogens (primary N) is 1. The minimum atomic E-state index is -0.605. The first-order valence-electron chi connectivity index (χ1n) is 3.80. The van der Waals surface area contributed by atoms with Crippen LogP contribution in [0.2, 0.25) is 0 Å². The molecule has 0 bridgehead atoms. The highest BCUT2D eigenvalue weighted by molar-refractivity contribution is 7.99. The third-order valence-electron chi connectivity index (χ3n) is 1.61. The van der Waals surface area contributed by atoms with E-state index in [4.69, 9.17) is 10.8 Å². The van der Waals surface area contributed by atoms with E-state index in [1.165, 1.54) is 18.6 Å². The van der Waals surface area contributed by atoms with E-state index in [0.29, 0.717) is 0 Å². The van der Waals surface area contributed by atoms with Crippen molar-refractivity contribution in [2.75, 3.05) is 11.5 Å². The van der Waals surface area contributed by atoms with Gasteiger partial charge in [0.25, 0.3) is 0 Å². The van der Waals surface area contributed by atoms with E-state index in [1.807, 2.05) is 11.8 Å². The first-order valence-corrected chi connectivity index (χ1v) is 4.96. The Morgan fingerprint density at radius 1 is 1.60 bits per heavy atom. The molecule has 2 nitrogen and oxygen atoms in total. The maximum atomic E-state index is 8.70. The first kappa shape index (κ1) is 8.37. The van der Waals surface area contributed by atoms with Crippen LogP contribution in [0.25, 0.3) is 0 Å². The molecule has 0 aromatic heterocycles. The summed E-state index contributed by atoms with van der Waals surface area (Å²) in [4.78, 5) is 0. The Labute approximate surface area is 66.2 Å². The Bertz CT molecular complexity index is 89.6. The molecule has 3 N–H and O–H groups in total. The molecule has 1 saturated carbocycles. The molecule has 1 aliphatic carbocycles. The van der Waals surface area contributed by atoms with Gasteiger partial charge in [-0.05, 0) is 36.7 Å². The van der Waals surface area contributed by atoms with Crippen LogP contribution in [-0.2, 0) is 0 Å². The molecule has 60 valence electrons. The van der Waals surface area contributed by atoms with Crippen molar-refractivity contribution in [2.45, 2.75) is 25.5 Å². The third kappa shape index (κ3) is 4.14. The molecule has 1 fully saturated rings. The predicted octanol–water partition coefficient (Wildman–Crippen LogP) is 0.797. The molecule has 0 aromatic carbocycles. The van der Waals surface area contributed by atoms with Gasteiger partial charge in [-0.3, -0.25) is 0 Å². The number of rotatable bonds is 5. The van der Waals surface area contributed by atoms with Gasteiger partial charge in [-0.1, -0.05) is 0 Å². The zero-order valence-corrected chi connectivity index (χ0v) is 6.94. The fourth-order valence-corrected chi connectivity index (χ4v) is 1.98. The Morgan fingerprint density at radius 2 is 2.30 bits per heavy atom. The van der Waals surface area contributed by atoms with Gasteiger partial charge in [0.15, 0.2) is 0 Å². The van der Waals surface area contributed by atoms with Crippen LogP contribution in [0, 0.1) is 5.92 Å². The molecule has 0 aromatic rings. The van der Waals surface area contributed by atoms with Crippen molar-refractivity contribution < 1.29 is 5.11 Å². The highest BCUT2D eigenvalue weighted by Gasteiger charge is 2.20. The van der Waals surface area contributed by atoms with Crippen LogP contribution in [0.1, 0.15) is 19.3 Å². The summed E-state index contributed by atoms with van der Waals surface area (Å²) in [7, 11) is 0. The summed E-state index contributed by atoms with van der Waals surface area (Å²) in [6.07, 6.45) is 2.96. The van der Waals surface area contributed by atoms with Crippen LogP contribution < -0.4 is 5.73 Å². The number of thioether (sulfide) groups is 1. The zero-order chi connectivity index (χ0) is 7.40. The lowest BCUT2D eigenvalue weighted by molar-refractivity contribution is 0.179. The van der Waals surface area contributed by atoms with Crippen molar-refractivity contribution in [3.63, 3.8) is 0 Å². The largest absolute Gasteiger partial charge is 0.379 e. The van der Waals surface area contributed by atoms with Crippen LogP contribution in [0.3, 0.4) is 0 Å². The number of hydrogen-bond donors (Lipinski definition) is 2. The summed E-state index contributed by atoms with van der Waals surface area (Å²) in [5.74, 6) is 3.26. The molecule has 1 rings (SSSR count). The van der Waals surface area contributed by atoms with Gasteiger partial charge in [0.1, 0.15) is 6.23 Å². The van der Waals surface area contributed by atoms with E-state index in [2.05, 4.69) is 0 Å². The second-order valence-electron chi connectivity index (χ2n) is 2.87. The van der Waals surface area contributed by atoms with Crippen molar-refractivity contribution in [3.8, 4) is 0 Å². The summed E-state index contributed by atoms with van der Waals surface area (Å²) in [6, 6.07) is 0. The van der Waals surface area contributed by atoms with Crippen LogP contribution >= 0.6 is 11.8 Å². The fourth-order valence-electron chi connectivity index (χ4n) is 0.739. The zero-order valence-electron chi connectivity index (χ0n) is 6.12. The molecule has 0 amide bonds. The van der Waals surface area contributed by atoms with Crippen LogP contribution in [0.4, 0.5) is 0 Å². The van der Waals surface area contributed by atoms with E-state index in [-0.39, 0.29) is 0 Å². The average Bonchev–Trinajstić information content (AvgIpc) is 2.62. The fraction of sp³-hybridized carbons (Fsp3) is 1.00. The van der Waals surface area contributed by atoms with Crippen molar-refractivity contribution in [1.82, 2.24) is 0 Å². The molecule has 0 aliphatic heterocycles. The van der Waals surface area contributed by atoms with Crippen LogP contribution in [0.15, 0.2) is 0 Å². The van der Waals surface area contributed by atoms with E-state index in [1.54, 1.807) is 0 Å². The summed E-state index contributed by atoms with van der Waals surface area (Å²) in [5, 5.41) is 8.70. The minimum Gasteiger partial charge on any atom is -0.379 e. The Kier molecular flexibility index (Phi) is 3.52. The van der Waals surface area contributed by atoms with Crippen molar-refractivity contribution in [3.05, 3.63) is 0 Å². The second-order valence-corrected chi connectivity index (χ2v) is 4.02. The molecule has 1 atom stereocenters. The normalized spacial score (nSPS) is 21.0. The SMILES string of the molecule is NC(O)CCSCC1CC1. The maximum absolute atomic E-state index is 8.70. The topological polar surface area (TPSA) is 46.2 Å². The smallest absolute Gasteiger partial charge is 0.103 e. The molecule has 10 heavy (non-hydrogen) atoms. The molecule has 1 unspecified atom stereocenters. The number of aliphatic hydroxyl groups is 1. The van der Waals surface area contributed by atoms with E-state index in [9.17, 15) is 0 Å². The molecular formula is C7H15NOS. The third-order valence-corrected chi connectivity index (χ3v) is 2.84. The highest BCUT2D eigenvalue weighted by atomic mass is 32.2.